The molecule has 1 aliphatic rings. The average Bonchev–Trinajstić information content (AvgIpc) is 2.76. The van der Waals surface area contributed by atoms with Gasteiger partial charge in [-0.15, -0.1) is 11.6 Å². The van der Waals surface area contributed by atoms with Crippen LogP contribution < -0.4 is 0 Å². The van der Waals surface area contributed by atoms with Crippen LogP contribution in [-0.2, 0) is 17.2 Å². The molecule has 2 aromatic rings. The van der Waals surface area contributed by atoms with E-state index in [1.54, 1.807) is 0 Å². The number of nitrogens with zero attached hydrogens (tertiary/aromatic N) is 3. The van der Waals surface area contributed by atoms with Crippen LogP contribution in [0, 0.1) is 6.92 Å². The van der Waals surface area contributed by atoms with E-state index >= 15 is 0 Å². The first-order valence-corrected chi connectivity index (χ1v) is 7.52. The highest BCUT2D eigenvalue weighted by Crippen LogP contribution is 2.20. The smallest absolute Gasteiger partial charge is 0.124 e. The van der Waals surface area contributed by atoms with Crippen molar-refractivity contribution >= 4 is 22.6 Å². The Morgan fingerprint density at radius 2 is 2.30 bits per heavy atom. The van der Waals surface area contributed by atoms with Crippen molar-refractivity contribution in [1.82, 2.24) is 14.5 Å². The Kier molecular flexibility index (Phi) is 3.96. The number of halogens is 1. The van der Waals surface area contributed by atoms with Crippen LogP contribution in [0.15, 0.2) is 18.2 Å². The van der Waals surface area contributed by atoms with Gasteiger partial charge in [-0.2, -0.15) is 0 Å². The van der Waals surface area contributed by atoms with Gasteiger partial charge in [0, 0.05) is 13.1 Å². The maximum absolute atomic E-state index is 6.06. The third kappa shape index (κ3) is 2.68. The maximum Gasteiger partial charge on any atom is 0.124 e. The SMILES string of the molecule is Cc1ccc2c(c1)nc(CCl)n2CC1CN(C)CCO1. The second-order valence-corrected chi connectivity index (χ2v) is 5.79. The van der Waals surface area contributed by atoms with Crippen LogP contribution in [0.3, 0.4) is 0 Å². The van der Waals surface area contributed by atoms with Crippen molar-refractivity contribution in [2.75, 3.05) is 26.7 Å². The minimum atomic E-state index is 0.203. The van der Waals surface area contributed by atoms with Gasteiger partial charge in [0.1, 0.15) is 5.82 Å². The summed E-state index contributed by atoms with van der Waals surface area (Å²) in [5.74, 6) is 1.35. The Morgan fingerprint density at radius 3 is 3.05 bits per heavy atom. The molecule has 1 aliphatic heterocycles. The largest absolute Gasteiger partial charge is 0.374 e. The van der Waals surface area contributed by atoms with E-state index in [4.69, 9.17) is 16.3 Å². The van der Waals surface area contributed by atoms with Gasteiger partial charge in [0.15, 0.2) is 0 Å². The lowest BCUT2D eigenvalue weighted by Gasteiger charge is -2.30. The number of aryl methyl sites for hydroxylation is 1. The van der Waals surface area contributed by atoms with E-state index < -0.39 is 0 Å². The molecule has 1 aromatic carbocycles. The highest BCUT2D eigenvalue weighted by molar-refractivity contribution is 6.16. The van der Waals surface area contributed by atoms with Crippen molar-refractivity contribution in [3.8, 4) is 0 Å². The fourth-order valence-corrected chi connectivity index (χ4v) is 2.98. The Bertz CT molecular complexity index is 610. The first-order valence-electron chi connectivity index (χ1n) is 6.99. The molecule has 1 atom stereocenters. The topological polar surface area (TPSA) is 30.3 Å². The first kappa shape index (κ1) is 13.9. The normalized spacial score (nSPS) is 20.6. The Morgan fingerprint density at radius 1 is 1.45 bits per heavy atom. The Labute approximate surface area is 124 Å². The summed E-state index contributed by atoms with van der Waals surface area (Å²) in [4.78, 5) is 6.94. The van der Waals surface area contributed by atoms with E-state index in [-0.39, 0.29) is 6.10 Å². The van der Waals surface area contributed by atoms with Crippen LogP contribution in [0.2, 0.25) is 0 Å². The maximum atomic E-state index is 6.06. The second-order valence-electron chi connectivity index (χ2n) is 5.52. The lowest BCUT2D eigenvalue weighted by Crippen LogP contribution is -2.42. The molecule has 2 heterocycles. The zero-order chi connectivity index (χ0) is 14.1. The molecule has 4 nitrogen and oxygen atoms in total. The molecule has 3 rings (SSSR count). The number of alkyl halides is 1. The number of fused-ring (bicyclic) bond motifs is 1. The Balaban J connectivity index is 1.93. The fraction of sp³-hybridized carbons (Fsp3) is 0.533. The minimum Gasteiger partial charge on any atom is -0.374 e. The monoisotopic (exact) mass is 293 g/mol. The van der Waals surface area contributed by atoms with Gasteiger partial charge in [-0.1, -0.05) is 6.07 Å². The van der Waals surface area contributed by atoms with Crippen molar-refractivity contribution in [2.45, 2.75) is 25.5 Å². The number of hydrogen-bond donors (Lipinski definition) is 0. The van der Waals surface area contributed by atoms with Crippen molar-refractivity contribution < 1.29 is 4.74 Å². The molecule has 0 bridgehead atoms. The molecule has 1 saturated heterocycles. The van der Waals surface area contributed by atoms with Crippen LogP contribution in [0.1, 0.15) is 11.4 Å². The van der Waals surface area contributed by atoms with E-state index in [0.29, 0.717) is 5.88 Å². The molecule has 0 spiro atoms. The molecule has 0 aliphatic carbocycles. The molecule has 0 amide bonds. The number of likely N-dealkylation sites (N-methyl/N-ethyl adjacent to an activating group) is 1. The van der Waals surface area contributed by atoms with Crippen LogP contribution in [-0.4, -0.2) is 47.3 Å². The lowest BCUT2D eigenvalue weighted by molar-refractivity contribution is -0.0272. The lowest BCUT2D eigenvalue weighted by atomic mass is 10.2. The molecule has 20 heavy (non-hydrogen) atoms. The molecule has 108 valence electrons. The molecule has 0 saturated carbocycles. The number of morpholine rings is 1. The zero-order valence-electron chi connectivity index (χ0n) is 12.0. The summed E-state index contributed by atoms with van der Waals surface area (Å²) >= 11 is 6.06. The van der Waals surface area contributed by atoms with Crippen molar-refractivity contribution in [3.63, 3.8) is 0 Å². The number of benzene rings is 1. The standard InChI is InChI=1S/C15H20ClN3O/c1-11-3-4-14-13(7-11)17-15(8-16)19(14)10-12-9-18(2)5-6-20-12/h3-4,7,12H,5-6,8-10H2,1-2H3. The molecule has 0 N–H and O–H groups in total. The van der Waals surface area contributed by atoms with E-state index in [2.05, 4.69) is 46.6 Å². The zero-order valence-corrected chi connectivity index (χ0v) is 12.7. The van der Waals surface area contributed by atoms with Crippen molar-refractivity contribution in [2.24, 2.45) is 0 Å². The summed E-state index contributed by atoms with van der Waals surface area (Å²) in [5, 5.41) is 0. The van der Waals surface area contributed by atoms with Gasteiger partial charge in [-0.05, 0) is 31.7 Å². The van der Waals surface area contributed by atoms with Gasteiger partial charge < -0.3 is 14.2 Å². The summed E-state index contributed by atoms with van der Waals surface area (Å²) in [6.45, 7) is 5.64. The summed E-state index contributed by atoms with van der Waals surface area (Å²) in [6, 6.07) is 6.35. The predicted octanol–water partition coefficient (Wildman–Crippen LogP) is 2.41. The van der Waals surface area contributed by atoms with E-state index in [1.165, 1.54) is 5.56 Å². The first-order chi connectivity index (χ1) is 9.67. The average molecular weight is 294 g/mol. The quantitative estimate of drug-likeness (QED) is 0.814. The van der Waals surface area contributed by atoms with Gasteiger partial charge in [-0.3, -0.25) is 0 Å². The van der Waals surface area contributed by atoms with E-state index in [0.717, 1.165) is 43.1 Å². The second kappa shape index (κ2) is 5.72. The molecular weight excluding hydrogens is 274 g/mol. The van der Waals surface area contributed by atoms with Crippen molar-refractivity contribution in [3.05, 3.63) is 29.6 Å². The summed E-state index contributed by atoms with van der Waals surface area (Å²) < 4.78 is 8.06. The fourth-order valence-electron chi connectivity index (χ4n) is 2.78. The molecule has 5 heteroatoms. The Hall–Kier alpha value is -1.10. The number of aromatic nitrogens is 2. The molecular formula is C15H20ClN3O. The number of rotatable bonds is 3. The number of hydrogen-bond acceptors (Lipinski definition) is 3. The van der Waals surface area contributed by atoms with Gasteiger partial charge in [0.25, 0.3) is 0 Å². The van der Waals surface area contributed by atoms with Crippen molar-refractivity contribution in [1.29, 1.82) is 0 Å². The number of ether oxygens (including phenoxy) is 1. The predicted molar refractivity (Wildman–Crippen MR) is 81.3 cm³/mol. The molecule has 1 fully saturated rings. The van der Waals surface area contributed by atoms with E-state index in [1.807, 2.05) is 0 Å². The molecule has 1 unspecified atom stereocenters. The highest BCUT2D eigenvalue weighted by Gasteiger charge is 2.20. The van der Waals surface area contributed by atoms with Gasteiger partial charge >= 0.3 is 0 Å². The van der Waals surface area contributed by atoms with Crippen LogP contribution in [0.5, 0.6) is 0 Å². The summed E-state index contributed by atoms with van der Waals surface area (Å²) in [7, 11) is 2.13. The number of imidazole rings is 1. The van der Waals surface area contributed by atoms with Crippen LogP contribution >= 0.6 is 11.6 Å². The molecule has 1 aromatic heterocycles. The van der Waals surface area contributed by atoms with Crippen LogP contribution in [0.4, 0.5) is 0 Å². The molecule has 0 radical (unpaired) electrons. The van der Waals surface area contributed by atoms with Gasteiger partial charge in [0.05, 0.1) is 36.2 Å². The van der Waals surface area contributed by atoms with Gasteiger partial charge in [-0.25, -0.2) is 4.98 Å². The third-order valence-corrected chi connectivity index (χ3v) is 4.07. The summed E-state index contributed by atoms with van der Waals surface area (Å²) in [6.07, 6.45) is 0.203. The van der Waals surface area contributed by atoms with E-state index in [9.17, 15) is 0 Å². The summed E-state index contributed by atoms with van der Waals surface area (Å²) in [5.41, 5.74) is 3.38. The highest BCUT2D eigenvalue weighted by atomic mass is 35.5. The van der Waals surface area contributed by atoms with Gasteiger partial charge in [0.2, 0.25) is 0 Å². The minimum absolute atomic E-state index is 0.203. The van der Waals surface area contributed by atoms with Crippen LogP contribution in [0.25, 0.3) is 11.0 Å². The third-order valence-electron chi connectivity index (χ3n) is 3.83.